The van der Waals surface area contributed by atoms with E-state index in [1.165, 1.54) is 11.8 Å². The molecule has 1 N–H and O–H groups in total. The minimum absolute atomic E-state index is 0.147. The summed E-state index contributed by atoms with van der Waals surface area (Å²) in [5.74, 6) is 1.21. The molecule has 0 spiro atoms. The fourth-order valence-corrected chi connectivity index (χ4v) is 4.08. The van der Waals surface area contributed by atoms with E-state index in [9.17, 15) is 4.79 Å². The van der Waals surface area contributed by atoms with Crippen LogP contribution in [0.3, 0.4) is 0 Å². The Morgan fingerprint density at radius 1 is 1.06 bits per heavy atom. The molecule has 0 radical (unpaired) electrons. The van der Waals surface area contributed by atoms with Gasteiger partial charge in [0.05, 0.1) is 18.6 Å². The van der Waals surface area contributed by atoms with Crippen LogP contribution < -0.4 is 10.1 Å². The van der Waals surface area contributed by atoms with E-state index >= 15 is 0 Å². The maximum atomic E-state index is 12.6. The lowest BCUT2D eigenvalue weighted by Gasteiger charge is -2.12. The van der Waals surface area contributed by atoms with Gasteiger partial charge in [0.15, 0.2) is 11.0 Å². The highest BCUT2D eigenvalue weighted by Gasteiger charge is 2.18. The Morgan fingerprint density at radius 3 is 2.53 bits per heavy atom. The first-order chi connectivity index (χ1) is 15.5. The normalized spacial score (nSPS) is 10.7. The number of aryl methyl sites for hydroxylation is 1. The lowest BCUT2D eigenvalue weighted by atomic mass is 10.2. The molecular formula is C24H21ClN4O2S. The molecular weight excluding hydrogens is 444 g/mol. The van der Waals surface area contributed by atoms with Crippen LogP contribution in [0.15, 0.2) is 78.0 Å². The van der Waals surface area contributed by atoms with Gasteiger partial charge in [-0.25, -0.2) is 0 Å². The van der Waals surface area contributed by atoms with Crippen molar-refractivity contribution < 1.29 is 9.53 Å². The quantitative estimate of drug-likeness (QED) is 0.359. The number of hydrogen-bond donors (Lipinski definition) is 1. The van der Waals surface area contributed by atoms with Gasteiger partial charge in [-0.15, -0.1) is 10.2 Å². The number of nitrogens with zero attached hydrogens (tertiary/aromatic N) is 3. The third-order valence-corrected chi connectivity index (χ3v) is 5.89. The molecule has 0 saturated carbocycles. The van der Waals surface area contributed by atoms with E-state index in [2.05, 4.69) is 15.5 Å². The number of hydrogen-bond acceptors (Lipinski definition) is 5. The highest BCUT2D eigenvalue weighted by atomic mass is 35.5. The molecule has 4 rings (SSSR count). The van der Waals surface area contributed by atoms with Crippen LogP contribution in [0.1, 0.15) is 5.56 Å². The van der Waals surface area contributed by atoms with Gasteiger partial charge >= 0.3 is 0 Å². The van der Waals surface area contributed by atoms with E-state index in [0.29, 0.717) is 27.4 Å². The van der Waals surface area contributed by atoms with E-state index < -0.39 is 0 Å². The summed E-state index contributed by atoms with van der Waals surface area (Å²) in [6, 6.07) is 23.1. The third kappa shape index (κ3) is 4.95. The Labute approximate surface area is 195 Å². The predicted octanol–water partition coefficient (Wildman–Crippen LogP) is 5.64. The number of nitrogens with one attached hydrogen (secondary N) is 1. The van der Waals surface area contributed by atoms with Crippen LogP contribution in [0.2, 0.25) is 5.02 Å². The van der Waals surface area contributed by atoms with Crippen molar-refractivity contribution in [2.75, 3.05) is 18.2 Å². The minimum atomic E-state index is -0.199. The summed E-state index contributed by atoms with van der Waals surface area (Å²) in [5.41, 5.74) is 3.56. The highest BCUT2D eigenvalue weighted by molar-refractivity contribution is 7.99. The summed E-state index contributed by atoms with van der Waals surface area (Å²) < 4.78 is 7.26. The Balaban J connectivity index is 1.59. The molecule has 0 saturated heterocycles. The van der Waals surface area contributed by atoms with Crippen LogP contribution in [0, 0.1) is 6.92 Å². The summed E-state index contributed by atoms with van der Waals surface area (Å²) in [6.07, 6.45) is 0. The average Bonchev–Trinajstić information content (AvgIpc) is 3.23. The maximum Gasteiger partial charge on any atom is 0.234 e. The van der Waals surface area contributed by atoms with Crippen LogP contribution in [0.5, 0.6) is 5.75 Å². The van der Waals surface area contributed by atoms with Crippen molar-refractivity contribution in [3.8, 4) is 22.8 Å². The molecule has 0 aliphatic heterocycles. The van der Waals surface area contributed by atoms with Crippen molar-refractivity contribution >= 4 is 35.0 Å². The lowest BCUT2D eigenvalue weighted by molar-refractivity contribution is -0.113. The zero-order valence-electron chi connectivity index (χ0n) is 17.6. The van der Waals surface area contributed by atoms with Gasteiger partial charge in [0, 0.05) is 16.3 Å². The number of carbonyl (C=O) groups excluding carboxylic acids is 1. The first kappa shape index (κ1) is 21.9. The zero-order valence-corrected chi connectivity index (χ0v) is 19.2. The van der Waals surface area contributed by atoms with Gasteiger partial charge in [-0.05, 0) is 37.3 Å². The van der Waals surface area contributed by atoms with E-state index in [-0.39, 0.29) is 11.7 Å². The molecule has 162 valence electrons. The van der Waals surface area contributed by atoms with Gasteiger partial charge in [-0.1, -0.05) is 71.4 Å². The van der Waals surface area contributed by atoms with Crippen molar-refractivity contribution in [2.24, 2.45) is 0 Å². The van der Waals surface area contributed by atoms with Crippen LogP contribution in [-0.4, -0.2) is 33.5 Å². The number of thioether (sulfide) groups is 1. The number of aromatic nitrogens is 3. The number of halogens is 1. The SMILES string of the molecule is COc1ccc(Cl)cc1NC(=O)CSc1nnc(-c2ccccc2)n1-c1ccc(C)cc1. The van der Waals surface area contributed by atoms with E-state index in [0.717, 1.165) is 16.8 Å². The molecule has 0 unspecified atom stereocenters. The Bertz CT molecular complexity index is 1230. The number of carbonyl (C=O) groups is 1. The second kappa shape index (κ2) is 9.89. The van der Waals surface area contributed by atoms with Crippen LogP contribution >= 0.6 is 23.4 Å². The van der Waals surface area contributed by atoms with E-state index in [4.69, 9.17) is 16.3 Å². The first-order valence-electron chi connectivity index (χ1n) is 9.89. The number of anilines is 1. The molecule has 3 aromatic carbocycles. The molecule has 6 nitrogen and oxygen atoms in total. The maximum absolute atomic E-state index is 12.6. The molecule has 0 atom stereocenters. The van der Waals surface area contributed by atoms with E-state index in [1.807, 2.05) is 66.1 Å². The molecule has 0 aliphatic rings. The third-order valence-electron chi connectivity index (χ3n) is 4.73. The predicted molar refractivity (Wildman–Crippen MR) is 129 cm³/mol. The fraction of sp³-hybridized carbons (Fsp3) is 0.125. The monoisotopic (exact) mass is 464 g/mol. The number of rotatable bonds is 7. The molecule has 1 heterocycles. The summed E-state index contributed by atoms with van der Waals surface area (Å²) in [5, 5.41) is 12.8. The topological polar surface area (TPSA) is 69.0 Å². The van der Waals surface area contributed by atoms with E-state index in [1.54, 1.807) is 25.3 Å². The van der Waals surface area contributed by atoms with Crippen molar-refractivity contribution in [3.63, 3.8) is 0 Å². The molecule has 1 aromatic heterocycles. The molecule has 0 bridgehead atoms. The first-order valence-corrected chi connectivity index (χ1v) is 11.3. The largest absolute Gasteiger partial charge is 0.495 e. The summed E-state index contributed by atoms with van der Waals surface area (Å²) in [4.78, 5) is 12.6. The van der Waals surface area contributed by atoms with Crippen LogP contribution in [0.4, 0.5) is 5.69 Å². The van der Waals surface area contributed by atoms with Crippen molar-refractivity contribution in [1.29, 1.82) is 0 Å². The number of amides is 1. The second-order valence-corrected chi connectivity index (χ2v) is 8.40. The number of benzene rings is 3. The van der Waals surface area contributed by atoms with Gasteiger partial charge in [0.25, 0.3) is 0 Å². The molecule has 8 heteroatoms. The fourth-order valence-electron chi connectivity index (χ4n) is 3.16. The number of ether oxygens (including phenoxy) is 1. The highest BCUT2D eigenvalue weighted by Crippen LogP contribution is 2.30. The zero-order chi connectivity index (χ0) is 22.5. The van der Waals surface area contributed by atoms with Crippen LogP contribution in [0.25, 0.3) is 17.1 Å². The molecule has 32 heavy (non-hydrogen) atoms. The minimum Gasteiger partial charge on any atom is -0.495 e. The van der Waals surface area contributed by atoms with Crippen molar-refractivity contribution in [3.05, 3.63) is 83.4 Å². The van der Waals surface area contributed by atoms with Crippen molar-refractivity contribution in [1.82, 2.24) is 14.8 Å². The second-order valence-electron chi connectivity index (χ2n) is 7.02. The molecule has 0 fully saturated rings. The summed E-state index contributed by atoms with van der Waals surface area (Å²) >= 11 is 7.37. The average molecular weight is 465 g/mol. The Morgan fingerprint density at radius 2 is 1.81 bits per heavy atom. The summed E-state index contributed by atoms with van der Waals surface area (Å²) in [7, 11) is 1.54. The van der Waals surface area contributed by atoms with Crippen LogP contribution in [-0.2, 0) is 4.79 Å². The van der Waals surface area contributed by atoms with Gasteiger partial charge in [0.1, 0.15) is 5.75 Å². The van der Waals surface area contributed by atoms with Gasteiger partial charge in [0.2, 0.25) is 5.91 Å². The van der Waals surface area contributed by atoms with Gasteiger partial charge in [-0.2, -0.15) is 0 Å². The Hall–Kier alpha value is -3.29. The summed E-state index contributed by atoms with van der Waals surface area (Å²) in [6.45, 7) is 2.04. The molecule has 4 aromatic rings. The number of methoxy groups -OCH3 is 1. The molecule has 1 amide bonds. The standard InChI is InChI=1S/C24H21ClN4O2S/c1-16-8-11-19(12-9-16)29-23(17-6-4-3-5-7-17)27-28-24(29)32-15-22(30)26-20-14-18(25)10-13-21(20)31-2/h3-14H,15H2,1-2H3,(H,26,30). The van der Waals surface area contributed by atoms with Gasteiger partial charge in [-0.3, -0.25) is 9.36 Å². The lowest BCUT2D eigenvalue weighted by Crippen LogP contribution is -2.15. The molecule has 0 aliphatic carbocycles. The van der Waals surface area contributed by atoms with Gasteiger partial charge < -0.3 is 10.1 Å². The smallest absolute Gasteiger partial charge is 0.234 e. The van der Waals surface area contributed by atoms with Crippen molar-refractivity contribution in [2.45, 2.75) is 12.1 Å². The Kier molecular flexibility index (Phi) is 6.78.